The maximum absolute atomic E-state index is 12.1. The van der Waals surface area contributed by atoms with Gasteiger partial charge in [0.1, 0.15) is 5.75 Å². The number of hydrogen-bond acceptors (Lipinski definition) is 4. The highest BCUT2D eigenvalue weighted by Crippen LogP contribution is 2.40. The Morgan fingerprint density at radius 3 is 2.57 bits per heavy atom. The summed E-state index contributed by atoms with van der Waals surface area (Å²) in [5, 5.41) is 10.0. The van der Waals surface area contributed by atoms with Gasteiger partial charge in [-0.05, 0) is 54.2 Å². The Kier molecular flexibility index (Phi) is 3.69. The second-order valence-corrected chi connectivity index (χ2v) is 6.01. The number of fused-ring (bicyclic) bond motifs is 1. The smallest absolute Gasteiger partial charge is 0.287 e. The lowest BCUT2D eigenvalue weighted by molar-refractivity contribution is 0.266. The third-order valence-electron chi connectivity index (χ3n) is 3.34. The van der Waals surface area contributed by atoms with Crippen molar-refractivity contribution in [1.82, 2.24) is 0 Å². The zero-order valence-electron chi connectivity index (χ0n) is 11.3. The first-order valence-electron chi connectivity index (χ1n) is 6.33. The molecule has 0 saturated carbocycles. The fourth-order valence-corrected chi connectivity index (χ4v) is 3.21. The van der Waals surface area contributed by atoms with Crippen LogP contribution in [-0.4, -0.2) is 23.3 Å². The van der Waals surface area contributed by atoms with E-state index < -0.39 is 0 Å². The molecular weight excluding hydrogens is 308 g/mol. The summed E-state index contributed by atoms with van der Waals surface area (Å²) in [7, 11) is 1.75. The zero-order valence-corrected chi connectivity index (χ0v) is 12.9. The Balaban J connectivity index is 2.13. The number of rotatable bonds is 1. The van der Waals surface area contributed by atoms with Gasteiger partial charge in [0, 0.05) is 17.8 Å². The Morgan fingerprint density at radius 2 is 1.86 bits per heavy atom. The number of thioether (sulfide) groups is 1. The number of nitrogens with zero attached hydrogens (tertiary/aromatic N) is 2. The lowest BCUT2D eigenvalue weighted by atomic mass is 10.2. The van der Waals surface area contributed by atoms with Gasteiger partial charge in [-0.15, -0.1) is 0 Å². The van der Waals surface area contributed by atoms with Crippen molar-refractivity contribution in [3.8, 4) is 5.75 Å². The first-order valence-corrected chi connectivity index (χ1v) is 7.69. The molecule has 3 rings (SSSR count). The molecule has 0 bridgehead atoms. The van der Waals surface area contributed by atoms with E-state index in [2.05, 4.69) is 0 Å². The average molecular weight is 321 g/mol. The highest BCUT2D eigenvalue weighted by Gasteiger charge is 2.25. The van der Waals surface area contributed by atoms with Crippen LogP contribution in [0.1, 0.15) is 0 Å². The molecule has 0 saturated heterocycles. The molecule has 0 radical (unpaired) electrons. The number of phenols is 1. The van der Waals surface area contributed by atoms with E-state index in [1.165, 1.54) is 11.8 Å². The number of amides is 1. The third-order valence-corrected chi connectivity index (χ3v) is 4.49. The minimum atomic E-state index is -0.0140. The van der Waals surface area contributed by atoms with Crippen LogP contribution in [0.4, 0.5) is 21.9 Å². The number of carbonyl (C=O) groups is 1. The number of carbonyl (C=O) groups excluding carboxylic acids is 1. The Hall–Kier alpha value is -1.85. The summed E-state index contributed by atoms with van der Waals surface area (Å²) in [4.78, 5) is 15.7. The van der Waals surface area contributed by atoms with Crippen LogP contribution in [0.5, 0.6) is 5.75 Å². The Bertz CT molecular complexity index is 691. The second-order valence-electron chi connectivity index (χ2n) is 4.68. The van der Waals surface area contributed by atoms with Gasteiger partial charge >= 0.3 is 0 Å². The molecule has 1 heterocycles. The van der Waals surface area contributed by atoms with E-state index >= 15 is 0 Å². The monoisotopic (exact) mass is 320 g/mol. The quantitative estimate of drug-likeness (QED) is 0.843. The van der Waals surface area contributed by atoms with Gasteiger partial charge in [0.2, 0.25) is 0 Å². The van der Waals surface area contributed by atoms with E-state index in [0.717, 1.165) is 17.1 Å². The summed E-state index contributed by atoms with van der Waals surface area (Å²) < 4.78 is 0. The highest BCUT2D eigenvalue weighted by atomic mass is 35.5. The first kappa shape index (κ1) is 14.1. The maximum Gasteiger partial charge on any atom is 0.287 e. The number of benzene rings is 2. The van der Waals surface area contributed by atoms with E-state index in [0.29, 0.717) is 10.9 Å². The molecule has 1 N–H and O–H groups in total. The van der Waals surface area contributed by atoms with Crippen molar-refractivity contribution < 1.29 is 9.90 Å². The SMILES string of the molecule is CN1C(=O)SCN(c2ccc(O)cc2)c2cc(Cl)ccc21. The predicted octanol–water partition coefficient (Wildman–Crippen LogP) is 4.44. The fourth-order valence-electron chi connectivity index (χ4n) is 2.23. The van der Waals surface area contributed by atoms with E-state index in [4.69, 9.17) is 11.6 Å². The summed E-state index contributed by atoms with van der Waals surface area (Å²) in [6.07, 6.45) is 0. The maximum atomic E-state index is 12.1. The van der Waals surface area contributed by atoms with Crippen molar-refractivity contribution in [1.29, 1.82) is 0 Å². The van der Waals surface area contributed by atoms with E-state index in [9.17, 15) is 9.90 Å². The van der Waals surface area contributed by atoms with Gasteiger partial charge in [-0.1, -0.05) is 11.6 Å². The Morgan fingerprint density at radius 1 is 1.14 bits per heavy atom. The van der Waals surface area contributed by atoms with Gasteiger partial charge < -0.3 is 14.9 Å². The normalized spacial score (nSPS) is 14.9. The summed E-state index contributed by atoms with van der Waals surface area (Å²) in [5.74, 6) is 0.696. The molecule has 1 aliphatic rings. The minimum Gasteiger partial charge on any atom is -0.508 e. The number of anilines is 3. The number of hydrogen-bond donors (Lipinski definition) is 1. The number of aromatic hydroxyl groups is 1. The molecule has 0 aromatic heterocycles. The lowest BCUT2D eigenvalue weighted by Gasteiger charge is -2.25. The summed E-state index contributed by atoms with van der Waals surface area (Å²) in [5.41, 5.74) is 2.57. The highest BCUT2D eigenvalue weighted by molar-refractivity contribution is 8.14. The second kappa shape index (κ2) is 5.50. The van der Waals surface area contributed by atoms with Crippen molar-refractivity contribution in [3.63, 3.8) is 0 Å². The molecule has 21 heavy (non-hydrogen) atoms. The van der Waals surface area contributed by atoms with Gasteiger partial charge in [-0.3, -0.25) is 4.79 Å². The minimum absolute atomic E-state index is 0.0140. The molecule has 0 unspecified atom stereocenters. The van der Waals surface area contributed by atoms with Crippen LogP contribution in [0.2, 0.25) is 5.02 Å². The van der Waals surface area contributed by atoms with Gasteiger partial charge in [0.05, 0.1) is 17.3 Å². The van der Waals surface area contributed by atoms with E-state index in [1.54, 1.807) is 30.1 Å². The third kappa shape index (κ3) is 2.66. The molecule has 0 aliphatic carbocycles. The van der Waals surface area contributed by atoms with Gasteiger partial charge in [-0.2, -0.15) is 0 Å². The molecule has 0 spiro atoms. The zero-order chi connectivity index (χ0) is 15.0. The van der Waals surface area contributed by atoms with Crippen LogP contribution in [0.3, 0.4) is 0 Å². The van der Waals surface area contributed by atoms with E-state index in [1.807, 2.05) is 29.2 Å². The molecule has 1 amide bonds. The van der Waals surface area contributed by atoms with Crippen LogP contribution in [0.25, 0.3) is 0 Å². The molecule has 1 aliphatic heterocycles. The summed E-state index contributed by atoms with van der Waals surface area (Å²) >= 11 is 7.34. The molecule has 0 fully saturated rings. The molecule has 2 aromatic rings. The topological polar surface area (TPSA) is 43.8 Å². The predicted molar refractivity (Wildman–Crippen MR) is 88.0 cm³/mol. The van der Waals surface area contributed by atoms with Crippen molar-refractivity contribution >= 4 is 45.7 Å². The molecule has 2 aromatic carbocycles. The fraction of sp³-hybridized carbons (Fsp3) is 0.133. The summed E-state index contributed by atoms with van der Waals surface area (Å²) in [6, 6.07) is 12.3. The number of halogens is 1. The summed E-state index contributed by atoms with van der Waals surface area (Å²) in [6.45, 7) is 0. The van der Waals surface area contributed by atoms with Crippen molar-refractivity contribution in [2.24, 2.45) is 0 Å². The van der Waals surface area contributed by atoms with Crippen LogP contribution >= 0.6 is 23.4 Å². The van der Waals surface area contributed by atoms with Crippen molar-refractivity contribution in [2.45, 2.75) is 0 Å². The van der Waals surface area contributed by atoms with Gasteiger partial charge in [-0.25, -0.2) is 0 Å². The van der Waals surface area contributed by atoms with Crippen LogP contribution in [0, 0.1) is 0 Å². The lowest BCUT2D eigenvalue weighted by Crippen LogP contribution is -2.20. The van der Waals surface area contributed by atoms with Gasteiger partial charge in [0.25, 0.3) is 5.24 Å². The molecule has 6 heteroatoms. The van der Waals surface area contributed by atoms with Crippen LogP contribution in [0.15, 0.2) is 42.5 Å². The van der Waals surface area contributed by atoms with Crippen molar-refractivity contribution in [2.75, 3.05) is 22.7 Å². The largest absolute Gasteiger partial charge is 0.508 e. The average Bonchev–Trinajstić information content (AvgIpc) is 2.59. The molecule has 4 nitrogen and oxygen atoms in total. The Labute approximate surface area is 131 Å². The number of phenolic OH excluding ortho intramolecular Hbond substituents is 1. The standard InChI is InChI=1S/C15H13ClN2O2S/c1-17-13-7-2-10(16)8-14(13)18(9-21-15(17)20)11-3-5-12(19)6-4-11/h2-8,19H,9H2,1H3. The van der Waals surface area contributed by atoms with E-state index in [-0.39, 0.29) is 11.0 Å². The van der Waals surface area contributed by atoms with Gasteiger partial charge in [0.15, 0.2) is 0 Å². The molecular formula is C15H13ClN2O2S. The van der Waals surface area contributed by atoms with Crippen LogP contribution < -0.4 is 9.80 Å². The van der Waals surface area contributed by atoms with Crippen LogP contribution in [-0.2, 0) is 0 Å². The molecule has 0 atom stereocenters. The first-order chi connectivity index (χ1) is 10.1. The van der Waals surface area contributed by atoms with Crippen molar-refractivity contribution in [3.05, 3.63) is 47.5 Å². The molecule has 108 valence electrons.